The van der Waals surface area contributed by atoms with Gasteiger partial charge in [-0.15, -0.1) is 0 Å². The zero-order valence-electron chi connectivity index (χ0n) is 12.2. The standard InChI is InChI=1S/C15H28N2O2/c1-15(2,10-18)8-3-9-16-14(19)17-13(11-4-5-11)12-6-7-12/h11-13,18H,3-10H2,1-2H3,(H2,16,17,19). The number of nitrogens with one attached hydrogen (secondary N) is 2. The number of hydrogen-bond donors (Lipinski definition) is 3. The molecule has 0 aromatic rings. The highest BCUT2D eigenvalue weighted by Gasteiger charge is 2.42. The van der Waals surface area contributed by atoms with Gasteiger partial charge in [-0.1, -0.05) is 13.8 Å². The number of hydrogen-bond acceptors (Lipinski definition) is 2. The van der Waals surface area contributed by atoms with Crippen molar-refractivity contribution in [1.82, 2.24) is 10.6 Å². The van der Waals surface area contributed by atoms with Gasteiger partial charge >= 0.3 is 6.03 Å². The number of carbonyl (C=O) groups is 1. The molecule has 2 aliphatic carbocycles. The van der Waals surface area contributed by atoms with Crippen molar-refractivity contribution in [3.05, 3.63) is 0 Å². The fourth-order valence-corrected chi connectivity index (χ4v) is 2.58. The molecule has 19 heavy (non-hydrogen) atoms. The minimum atomic E-state index is -0.0390. The van der Waals surface area contributed by atoms with Crippen molar-refractivity contribution in [1.29, 1.82) is 0 Å². The molecule has 3 N–H and O–H groups in total. The number of aliphatic hydroxyl groups excluding tert-OH is 1. The molecule has 2 amide bonds. The van der Waals surface area contributed by atoms with Crippen LogP contribution in [-0.4, -0.2) is 30.3 Å². The molecular formula is C15H28N2O2. The summed E-state index contributed by atoms with van der Waals surface area (Å²) in [5.74, 6) is 1.48. The molecule has 110 valence electrons. The van der Waals surface area contributed by atoms with Crippen LogP contribution in [0.3, 0.4) is 0 Å². The average Bonchev–Trinajstić information content (AvgIpc) is 3.24. The Labute approximate surface area is 116 Å². The molecular weight excluding hydrogens is 240 g/mol. The highest BCUT2D eigenvalue weighted by atomic mass is 16.3. The van der Waals surface area contributed by atoms with Gasteiger partial charge in [0.05, 0.1) is 0 Å². The van der Waals surface area contributed by atoms with Gasteiger partial charge in [0, 0.05) is 19.2 Å². The Balaban J connectivity index is 1.59. The zero-order valence-corrected chi connectivity index (χ0v) is 12.2. The molecule has 0 saturated heterocycles. The molecule has 0 unspecified atom stereocenters. The third-order valence-electron chi connectivity index (χ3n) is 4.30. The van der Waals surface area contributed by atoms with Gasteiger partial charge in [0.2, 0.25) is 0 Å². The monoisotopic (exact) mass is 268 g/mol. The minimum absolute atomic E-state index is 0.00870. The van der Waals surface area contributed by atoms with Crippen LogP contribution >= 0.6 is 0 Å². The second-order valence-electron chi connectivity index (χ2n) is 7.03. The van der Waals surface area contributed by atoms with E-state index >= 15 is 0 Å². The van der Waals surface area contributed by atoms with E-state index in [4.69, 9.17) is 5.11 Å². The van der Waals surface area contributed by atoms with E-state index in [1.807, 2.05) is 13.8 Å². The summed E-state index contributed by atoms with van der Waals surface area (Å²) in [7, 11) is 0. The Morgan fingerprint density at radius 1 is 1.26 bits per heavy atom. The number of rotatable bonds is 8. The van der Waals surface area contributed by atoms with E-state index in [1.165, 1.54) is 25.7 Å². The minimum Gasteiger partial charge on any atom is -0.396 e. The van der Waals surface area contributed by atoms with Crippen LogP contribution in [0.5, 0.6) is 0 Å². The maximum Gasteiger partial charge on any atom is 0.315 e. The second kappa shape index (κ2) is 6.12. The van der Waals surface area contributed by atoms with Gasteiger partial charge < -0.3 is 15.7 Å². The number of amides is 2. The first-order chi connectivity index (χ1) is 9.02. The lowest BCUT2D eigenvalue weighted by Crippen LogP contribution is -2.44. The van der Waals surface area contributed by atoms with Crippen LogP contribution in [0, 0.1) is 17.3 Å². The fraction of sp³-hybridized carbons (Fsp3) is 0.933. The van der Waals surface area contributed by atoms with E-state index in [0.29, 0.717) is 12.6 Å². The molecule has 2 rings (SSSR count). The van der Waals surface area contributed by atoms with Crippen LogP contribution in [0.2, 0.25) is 0 Å². The van der Waals surface area contributed by atoms with E-state index < -0.39 is 0 Å². The SMILES string of the molecule is CC(C)(CO)CCCNC(=O)NC(C1CC1)C1CC1. The highest BCUT2D eigenvalue weighted by Crippen LogP contribution is 2.44. The predicted molar refractivity (Wildman–Crippen MR) is 75.9 cm³/mol. The van der Waals surface area contributed by atoms with Crippen molar-refractivity contribution >= 4 is 6.03 Å². The van der Waals surface area contributed by atoms with E-state index in [2.05, 4.69) is 10.6 Å². The van der Waals surface area contributed by atoms with Crippen LogP contribution in [-0.2, 0) is 0 Å². The van der Waals surface area contributed by atoms with Gasteiger partial charge in [-0.3, -0.25) is 0 Å². The Hall–Kier alpha value is -0.770. The van der Waals surface area contributed by atoms with Gasteiger partial charge in [-0.25, -0.2) is 4.79 Å². The summed E-state index contributed by atoms with van der Waals surface area (Å²) >= 11 is 0. The lowest BCUT2D eigenvalue weighted by Gasteiger charge is -2.22. The Morgan fingerprint density at radius 2 is 1.84 bits per heavy atom. The van der Waals surface area contributed by atoms with Crippen molar-refractivity contribution < 1.29 is 9.90 Å². The first-order valence-corrected chi connectivity index (χ1v) is 7.67. The van der Waals surface area contributed by atoms with Gasteiger partial charge in [0.15, 0.2) is 0 Å². The average molecular weight is 268 g/mol. The largest absolute Gasteiger partial charge is 0.396 e. The van der Waals surface area contributed by atoms with Crippen molar-refractivity contribution in [3.63, 3.8) is 0 Å². The van der Waals surface area contributed by atoms with E-state index in [1.54, 1.807) is 0 Å². The molecule has 0 atom stereocenters. The van der Waals surface area contributed by atoms with Crippen molar-refractivity contribution in [2.45, 2.75) is 58.4 Å². The molecule has 0 radical (unpaired) electrons. The molecule has 0 aromatic heterocycles. The molecule has 4 nitrogen and oxygen atoms in total. The van der Waals surface area contributed by atoms with Crippen LogP contribution in [0.25, 0.3) is 0 Å². The molecule has 0 heterocycles. The lowest BCUT2D eigenvalue weighted by molar-refractivity contribution is 0.148. The van der Waals surface area contributed by atoms with Gasteiger partial charge in [0.1, 0.15) is 0 Å². The number of aliphatic hydroxyl groups is 1. The summed E-state index contributed by atoms with van der Waals surface area (Å²) in [6.45, 7) is 4.98. The molecule has 2 fully saturated rings. The zero-order chi connectivity index (χ0) is 13.9. The van der Waals surface area contributed by atoms with Crippen molar-refractivity contribution in [2.24, 2.45) is 17.3 Å². The molecule has 0 aliphatic heterocycles. The molecule has 0 spiro atoms. The maximum atomic E-state index is 11.8. The molecule has 2 saturated carbocycles. The topological polar surface area (TPSA) is 61.4 Å². The summed E-state index contributed by atoms with van der Waals surface area (Å²) < 4.78 is 0. The summed E-state index contributed by atoms with van der Waals surface area (Å²) in [5, 5.41) is 15.3. The molecule has 0 aromatic carbocycles. The van der Waals surface area contributed by atoms with Crippen LogP contribution in [0.1, 0.15) is 52.4 Å². The Bertz CT molecular complexity index is 297. The van der Waals surface area contributed by atoms with E-state index in [0.717, 1.165) is 24.7 Å². The Kier molecular flexibility index (Phi) is 4.71. The van der Waals surface area contributed by atoms with Crippen molar-refractivity contribution in [2.75, 3.05) is 13.2 Å². The molecule has 0 bridgehead atoms. The first-order valence-electron chi connectivity index (χ1n) is 7.67. The van der Waals surface area contributed by atoms with Crippen molar-refractivity contribution in [3.8, 4) is 0 Å². The summed E-state index contributed by atoms with van der Waals surface area (Å²) in [6.07, 6.45) is 6.98. The van der Waals surface area contributed by atoms with Crippen LogP contribution in [0.4, 0.5) is 4.79 Å². The van der Waals surface area contributed by atoms with Gasteiger partial charge in [-0.05, 0) is 55.8 Å². The van der Waals surface area contributed by atoms with Gasteiger partial charge in [0.25, 0.3) is 0 Å². The van der Waals surface area contributed by atoms with Crippen LogP contribution < -0.4 is 10.6 Å². The summed E-state index contributed by atoms with van der Waals surface area (Å²) in [5.41, 5.74) is -0.0390. The normalized spacial score (nSPS) is 19.6. The predicted octanol–water partition coefficient (Wildman–Crippen LogP) is 2.27. The smallest absolute Gasteiger partial charge is 0.315 e. The molecule has 2 aliphatic rings. The van der Waals surface area contributed by atoms with E-state index in [-0.39, 0.29) is 18.1 Å². The van der Waals surface area contributed by atoms with Crippen LogP contribution in [0.15, 0.2) is 0 Å². The highest BCUT2D eigenvalue weighted by molar-refractivity contribution is 5.74. The third-order valence-corrected chi connectivity index (χ3v) is 4.30. The summed E-state index contributed by atoms with van der Waals surface area (Å²) in [6, 6.07) is 0.416. The first kappa shape index (κ1) is 14.6. The third kappa shape index (κ3) is 5.01. The number of carbonyl (C=O) groups excluding carboxylic acids is 1. The molecule has 4 heteroatoms. The maximum absolute atomic E-state index is 11.8. The van der Waals surface area contributed by atoms with Gasteiger partial charge in [-0.2, -0.15) is 0 Å². The van der Waals surface area contributed by atoms with E-state index in [9.17, 15) is 4.79 Å². The second-order valence-corrected chi connectivity index (χ2v) is 7.03. The Morgan fingerprint density at radius 3 is 2.32 bits per heavy atom. The number of urea groups is 1. The lowest BCUT2D eigenvalue weighted by atomic mass is 9.89. The summed E-state index contributed by atoms with van der Waals surface area (Å²) in [4.78, 5) is 11.8. The fourth-order valence-electron chi connectivity index (χ4n) is 2.58. The quantitative estimate of drug-likeness (QED) is 0.591.